The Balaban J connectivity index is 3.51. The molecule has 0 saturated heterocycles. The van der Waals surface area contributed by atoms with Gasteiger partial charge in [0, 0.05) is 0 Å². The quantitative estimate of drug-likeness (QED) is 0.552. The molecule has 15 heavy (non-hydrogen) atoms. The molecule has 0 aromatic carbocycles. The van der Waals surface area contributed by atoms with Crippen LogP contribution in [0.4, 0.5) is 4.79 Å². The fourth-order valence-electron chi connectivity index (χ4n) is 1.01. The second kappa shape index (κ2) is 8.55. The lowest BCUT2D eigenvalue weighted by Crippen LogP contribution is -2.46. The van der Waals surface area contributed by atoms with Crippen LogP contribution in [0.25, 0.3) is 0 Å². The normalized spacial score (nSPS) is 12.1. The van der Waals surface area contributed by atoms with Crippen molar-refractivity contribution in [2.75, 3.05) is 18.6 Å². The summed E-state index contributed by atoms with van der Waals surface area (Å²) >= 11 is 1.81. The lowest BCUT2D eigenvalue weighted by Gasteiger charge is -2.11. The van der Waals surface area contributed by atoms with Gasteiger partial charge in [0.2, 0.25) is 5.91 Å². The molecule has 0 bridgehead atoms. The molecule has 1 atom stereocenters. The minimum absolute atomic E-state index is 0.382. The average molecular weight is 233 g/mol. The number of amides is 3. The van der Waals surface area contributed by atoms with E-state index in [1.807, 2.05) is 5.32 Å². The summed E-state index contributed by atoms with van der Waals surface area (Å²) in [6, 6.07) is -1.19. The molecule has 6 heteroatoms. The number of unbranched alkanes of at least 4 members (excludes halogenated alkanes) is 1. The van der Waals surface area contributed by atoms with Crippen LogP contribution in [0.15, 0.2) is 0 Å². The molecule has 0 heterocycles. The van der Waals surface area contributed by atoms with Crippen molar-refractivity contribution < 1.29 is 9.59 Å². The molecule has 3 amide bonds. The lowest BCUT2D eigenvalue weighted by molar-refractivity contribution is -0.121. The largest absolute Gasteiger partial charge is 0.351 e. The first-order valence-corrected chi connectivity index (χ1v) is 6.30. The van der Waals surface area contributed by atoms with E-state index in [0.29, 0.717) is 0 Å². The van der Waals surface area contributed by atoms with E-state index in [1.165, 1.54) is 0 Å². The van der Waals surface area contributed by atoms with Crippen molar-refractivity contribution in [3.8, 4) is 0 Å². The molecule has 88 valence electrons. The van der Waals surface area contributed by atoms with Gasteiger partial charge in [0.1, 0.15) is 0 Å². The van der Waals surface area contributed by atoms with E-state index in [0.717, 1.165) is 25.1 Å². The molecule has 0 radical (unpaired) electrons. The van der Waals surface area contributed by atoms with Gasteiger partial charge in [0.05, 0.1) is 6.04 Å². The summed E-state index contributed by atoms with van der Waals surface area (Å²) < 4.78 is 0. The standard InChI is InChI=1S/C9H19N3O2S/c1-7(8(13)12-9(10)14)11-5-3-4-6-15-2/h7,11H,3-6H2,1-2H3,(H3,10,12,13,14). The summed E-state index contributed by atoms with van der Waals surface area (Å²) in [5.41, 5.74) is 4.82. The molecule has 0 aromatic heterocycles. The van der Waals surface area contributed by atoms with Crippen molar-refractivity contribution in [1.82, 2.24) is 10.6 Å². The molecule has 1 unspecified atom stereocenters. The van der Waals surface area contributed by atoms with Gasteiger partial charge in [-0.25, -0.2) is 4.79 Å². The van der Waals surface area contributed by atoms with Crippen molar-refractivity contribution in [3.63, 3.8) is 0 Å². The Morgan fingerprint density at radius 3 is 2.60 bits per heavy atom. The maximum absolute atomic E-state index is 11.2. The Kier molecular flexibility index (Phi) is 8.12. The molecule has 4 N–H and O–H groups in total. The van der Waals surface area contributed by atoms with E-state index in [2.05, 4.69) is 11.6 Å². The molecule has 5 nitrogen and oxygen atoms in total. The predicted octanol–water partition coefficient (Wildman–Crippen LogP) is 0.303. The number of hydrogen-bond donors (Lipinski definition) is 3. The van der Waals surface area contributed by atoms with E-state index in [4.69, 9.17) is 5.73 Å². The first kappa shape index (κ1) is 14.2. The Morgan fingerprint density at radius 2 is 2.07 bits per heavy atom. The summed E-state index contributed by atoms with van der Waals surface area (Å²) in [5.74, 6) is 0.746. The second-order valence-corrected chi connectivity index (χ2v) is 4.21. The van der Waals surface area contributed by atoms with E-state index >= 15 is 0 Å². The van der Waals surface area contributed by atoms with Crippen LogP contribution < -0.4 is 16.4 Å². The fourth-order valence-corrected chi connectivity index (χ4v) is 1.51. The Morgan fingerprint density at radius 1 is 1.40 bits per heavy atom. The van der Waals surface area contributed by atoms with Gasteiger partial charge in [-0.15, -0.1) is 0 Å². The van der Waals surface area contributed by atoms with Crippen LogP contribution in [-0.4, -0.2) is 36.5 Å². The molecular formula is C9H19N3O2S. The highest BCUT2D eigenvalue weighted by Gasteiger charge is 2.12. The molecule has 0 aliphatic rings. The molecule has 0 aromatic rings. The van der Waals surface area contributed by atoms with Crippen molar-refractivity contribution >= 4 is 23.7 Å². The molecule has 0 fully saturated rings. The Bertz CT molecular complexity index is 212. The summed E-state index contributed by atoms with van der Waals surface area (Å²) in [6.07, 6.45) is 4.21. The van der Waals surface area contributed by atoms with Gasteiger partial charge in [-0.3, -0.25) is 10.1 Å². The predicted molar refractivity (Wildman–Crippen MR) is 62.8 cm³/mol. The first-order valence-electron chi connectivity index (χ1n) is 4.90. The maximum Gasteiger partial charge on any atom is 0.318 e. The van der Waals surface area contributed by atoms with Gasteiger partial charge >= 0.3 is 6.03 Å². The lowest BCUT2D eigenvalue weighted by atomic mass is 10.3. The number of rotatable bonds is 7. The van der Waals surface area contributed by atoms with Crippen LogP contribution in [0.1, 0.15) is 19.8 Å². The van der Waals surface area contributed by atoms with E-state index in [1.54, 1.807) is 18.7 Å². The monoisotopic (exact) mass is 233 g/mol. The molecule has 0 rings (SSSR count). The average Bonchev–Trinajstić information content (AvgIpc) is 2.16. The summed E-state index contributed by atoms with van der Waals surface area (Å²) in [5, 5.41) is 5.05. The number of nitrogens with two attached hydrogens (primary N) is 1. The topological polar surface area (TPSA) is 84.2 Å². The number of nitrogens with one attached hydrogen (secondary N) is 2. The van der Waals surface area contributed by atoms with E-state index < -0.39 is 6.03 Å². The fraction of sp³-hybridized carbons (Fsp3) is 0.778. The molecule has 0 aliphatic carbocycles. The zero-order valence-electron chi connectivity index (χ0n) is 9.21. The van der Waals surface area contributed by atoms with Gasteiger partial charge in [-0.05, 0) is 38.3 Å². The van der Waals surface area contributed by atoms with Crippen LogP contribution in [0.3, 0.4) is 0 Å². The van der Waals surface area contributed by atoms with Crippen LogP contribution >= 0.6 is 11.8 Å². The highest BCUT2D eigenvalue weighted by molar-refractivity contribution is 7.98. The van der Waals surface area contributed by atoms with Crippen LogP contribution in [0.2, 0.25) is 0 Å². The molecule has 0 saturated carbocycles. The second-order valence-electron chi connectivity index (χ2n) is 3.23. The third-order valence-corrected chi connectivity index (χ3v) is 2.56. The van der Waals surface area contributed by atoms with Gasteiger partial charge in [-0.1, -0.05) is 0 Å². The van der Waals surface area contributed by atoms with Gasteiger partial charge < -0.3 is 11.1 Å². The number of primary amides is 1. The molecule has 0 aliphatic heterocycles. The molecular weight excluding hydrogens is 214 g/mol. The van der Waals surface area contributed by atoms with Crippen molar-refractivity contribution in [2.45, 2.75) is 25.8 Å². The summed E-state index contributed by atoms with van der Waals surface area (Å²) in [4.78, 5) is 21.6. The minimum atomic E-state index is -0.809. The van der Waals surface area contributed by atoms with Gasteiger partial charge in [0.25, 0.3) is 0 Å². The van der Waals surface area contributed by atoms with Gasteiger partial charge in [-0.2, -0.15) is 11.8 Å². The maximum atomic E-state index is 11.2. The molecule has 0 spiro atoms. The Hall–Kier alpha value is -0.750. The summed E-state index contributed by atoms with van der Waals surface area (Å²) in [6.45, 7) is 2.47. The highest BCUT2D eigenvalue weighted by atomic mass is 32.2. The number of carbonyl (C=O) groups is 2. The third-order valence-electron chi connectivity index (χ3n) is 1.87. The van der Waals surface area contributed by atoms with Gasteiger partial charge in [0.15, 0.2) is 0 Å². The number of carbonyl (C=O) groups excluding carboxylic acids is 2. The third kappa shape index (κ3) is 8.26. The smallest absolute Gasteiger partial charge is 0.318 e. The zero-order chi connectivity index (χ0) is 11.7. The van der Waals surface area contributed by atoms with Crippen LogP contribution in [0, 0.1) is 0 Å². The van der Waals surface area contributed by atoms with Crippen molar-refractivity contribution in [3.05, 3.63) is 0 Å². The minimum Gasteiger partial charge on any atom is -0.351 e. The van der Waals surface area contributed by atoms with Crippen LogP contribution in [-0.2, 0) is 4.79 Å². The van der Waals surface area contributed by atoms with Crippen LogP contribution in [0.5, 0.6) is 0 Å². The van der Waals surface area contributed by atoms with Crippen molar-refractivity contribution in [2.24, 2.45) is 5.73 Å². The van der Waals surface area contributed by atoms with E-state index in [-0.39, 0.29) is 11.9 Å². The first-order chi connectivity index (χ1) is 7.07. The number of thioether (sulfide) groups is 1. The zero-order valence-corrected chi connectivity index (χ0v) is 10.0. The number of imide groups is 1. The number of urea groups is 1. The SMILES string of the molecule is CSCCCCNC(C)C(=O)NC(N)=O. The van der Waals surface area contributed by atoms with E-state index in [9.17, 15) is 9.59 Å². The Labute approximate surface area is 94.5 Å². The number of hydrogen-bond acceptors (Lipinski definition) is 4. The summed E-state index contributed by atoms with van der Waals surface area (Å²) in [7, 11) is 0. The van der Waals surface area contributed by atoms with Crippen molar-refractivity contribution in [1.29, 1.82) is 0 Å². The highest BCUT2D eigenvalue weighted by Crippen LogP contribution is 1.98.